The maximum Gasteiger partial charge on any atom is 0.183 e. The summed E-state index contributed by atoms with van der Waals surface area (Å²) in [5.74, 6) is 0. The van der Waals surface area contributed by atoms with Crippen molar-refractivity contribution in [2.24, 2.45) is 0 Å². The Bertz CT molecular complexity index is 163. The molecule has 3 N–H and O–H groups in total. The molecular weight excluding hydrogens is 188 g/mol. The van der Waals surface area contributed by atoms with Gasteiger partial charge < -0.3 is 24.8 Å². The first kappa shape index (κ1) is 11.9. The second-order valence-corrected chi connectivity index (χ2v) is 3.47. The molecule has 1 aliphatic heterocycles. The van der Waals surface area contributed by atoms with Gasteiger partial charge in [-0.05, 0) is 6.42 Å². The van der Waals surface area contributed by atoms with Crippen LogP contribution in [0.5, 0.6) is 0 Å². The summed E-state index contributed by atoms with van der Waals surface area (Å²) in [6, 6.07) is 0. The molecule has 0 unspecified atom stereocenters. The van der Waals surface area contributed by atoms with Crippen LogP contribution in [0.3, 0.4) is 0 Å². The smallest absolute Gasteiger partial charge is 0.183 e. The molecule has 0 saturated carbocycles. The van der Waals surface area contributed by atoms with E-state index in [2.05, 4.69) is 0 Å². The maximum atomic E-state index is 9.49. The van der Waals surface area contributed by atoms with Crippen molar-refractivity contribution < 1.29 is 24.8 Å². The number of hydrogen-bond acceptors (Lipinski definition) is 5. The average Bonchev–Trinajstić information content (AvgIpc) is 2.18. The fraction of sp³-hybridized carbons (Fsp3) is 1.00. The van der Waals surface area contributed by atoms with E-state index in [1.54, 1.807) is 0 Å². The van der Waals surface area contributed by atoms with Crippen molar-refractivity contribution in [2.45, 2.75) is 44.4 Å². The molecule has 1 aliphatic rings. The van der Waals surface area contributed by atoms with Gasteiger partial charge in [-0.15, -0.1) is 0 Å². The van der Waals surface area contributed by atoms with Crippen LogP contribution >= 0.6 is 0 Å². The first-order chi connectivity index (χ1) is 6.66. The summed E-state index contributed by atoms with van der Waals surface area (Å²) in [5, 5.41) is 28.1. The molecule has 1 fully saturated rings. The fourth-order valence-corrected chi connectivity index (χ4v) is 1.32. The third-order valence-electron chi connectivity index (χ3n) is 2.26. The third-order valence-corrected chi connectivity index (χ3v) is 2.26. The summed E-state index contributed by atoms with van der Waals surface area (Å²) in [5.41, 5.74) is 0. The first-order valence-corrected chi connectivity index (χ1v) is 4.94. The van der Waals surface area contributed by atoms with Crippen LogP contribution in [-0.4, -0.2) is 53.1 Å². The van der Waals surface area contributed by atoms with Gasteiger partial charge in [0.15, 0.2) is 6.29 Å². The van der Waals surface area contributed by atoms with E-state index in [1.807, 2.05) is 6.92 Å². The van der Waals surface area contributed by atoms with Crippen molar-refractivity contribution in [1.29, 1.82) is 0 Å². The Labute approximate surface area is 83.3 Å². The molecule has 0 bridgehead atoms. The lowest BCUT2D eigenvalue weighted by Gasteiger charge is -2.35. The summed E-state index contributed by atoms with van der Waals surface area (Å²) < 4.78 is 10.1. The van der Waals surface area contributed by atoms with E-state index in [-0.39, 0.29) is 6.61 Å². The molecule has 84 valence electrons. The zero-order chi connectivity index (χ0) is 10.6. The number of rotatable bonds is 4. The predicted molar refractivity (Wildman–Crippen MR) is 48.6 cm³/mol. The number of hydrogen-bond donors (Lipinski definition) is 3. The topological polar surface area (TPSA) is 79.2 Å². The second kappa shape index (κ2) is 5.63. The largest absolute Gasteiger partial charge is 0.388 e. The highest BCUT2D eigenvalue weighted by Gasteiger charge is 2.38. The van der Waals surface area contributed by atoms with E-state index in [1.165, 1.54) is 0 Å². The zero-order valence-electron chi connectivity index (χ0n) is 8.30. The van der Waals surface area contributed by atoms with E-state index in [4.69, 9.17) is 9.47 Å². The molecule has 4 atom stereocenters. The Morgan fingerprint density at radius 3 is 2.71 bits per heavy atom. The molecule has 5 heteroatoms. The molecular formula is C9H18O5. The third kappa shape index (κ3) is 2.90. The Balaban J connectivity index is 2.37. The lowest BCUT2D eigenvalue weighted by Crippen LogP contribution is -2.54. The Morgan fingerprint density at radius 1 is 1.36 bits per heavy atom. The summed E-state index contributed by atoms with van der Waals surface area (Å²) in [6.07, 6.45) is -2.22. The van der Waals surface area contributed by atoms with E-state index < -0.39 is 24.6 Å². The number of aliphatic hydroxyl groups is 3. The van der Waals surface area contributed by atoms with Crippen molar-refractivity contribution in [3.8, 4) is 0 Å². The number of aliphatic hydroxyl groups excluding tert-OH is 3. The van der Waals surface area contributed by atoms with E-state index >= 15 is 0 Å². The molecule has 0 aliphatic carbocycles. The molecule has 0 aromatic rings. The van der Waals surface area contributed by atoms with E-state index in [9.17, 15) is 15.3 Å². The second-order valence-electron chi connectivity index (χ2n) is 3.47. The van der Waals surface area contributed by atoms with Crippen LogP contribution in [0.15, 0.2) is 0 Å². The van der Waals surface area contributed by atoms with Gasteiger partial charge in [0.25, 0.3) is 0 Å². The van der Waals surface area contributed by atoms with Crippen LogP contribution in [-0.2, 0) is 9.47 Å². The van der Waals surface area contributed by atoms with E-state index in [0.29, 0.717) is 6.61 Å². The minimum absolute atomic E-state index is 0.0596. The SMILES string of the molecule is CCCCO[C@@H]1[C@@H](O)[C@H](O)CO[C@H]1O. The molecule has 0 amide bonds. The minimum atomic E-state index is -1.15. The van der Waals surface area contributed by atoms with Crippen molar-refractivity contribution in [2.75, 3.05) is 13.2 Å². The van der Waals surface area contributed by atoms with Gasteiger partial charge in [0, 0.05) is 6.61 Å². The molecule has 0 aromatic heterocycles. The molecule has 0 spiro atoms. The fourth-order valence-electron chi connectivity index (χ4n) is 1.32. The standard InChI is InChI=1S/C9H18O5/c1-2-3-4-13-8-7(11)6(10)5-14-9(8)12/h6-12H,2-5H2,1H3/t6-,7+,8-,9-/m1/s1. The van der Waals surface area contributed by atoms with Gasteiger partial charge in [-0.3, -0.25) is 0 Å². The quantitative estimate of drug-likeness (QED) is 0.527. The highest BCUT2D eigenvalue weighted by atomic mass is 16.6. The van der Waals surface area contributed by atoms with Gasteiger partial charge in [0.05, 0.1) is 6.61 Å². The van der Waals surface area contributed by atoms with Gasteiger partial charge in [0.1, 0.15) is 18.3 Å². The van der Waals surface area contributed by atoms with Crippen LogP contribution in [0.4, 0.5) is 0 Å². The summed E-state index contributed by atoms with van der Waals surface area (Å²) in [7, 11) is 0. The molecule has 1 saturated heterocycles. The van der Waals surface area contributed by atoms with Crippen LogP contribution in [0.2, 0.25) is 0 Å². The molecule has 0 radical (unpaired) electrons. The number of unbranched alkanes of at least 4 members (excludes halogenated alkanes) is 1. The minimum Gasteiger partial charge on any atom is -0.388 e. The van der Waals surface area contributed by atoms with Crippen molar-refractivity contribution in [3.05, 3.63) is 0 Å². The average molecular weight is 206 g/mol. The van der Waals surface area contributed by atoms with Crippen LogP contribution in [0, 0.1) is 0 Å². The van der Waals surface area contributed by atoms with Crippen LogP contribution < -0.4 is 0 Å². The maximum absolute atomic E-state index is 9.49. The van der Waals surface area contributed by atoms with Crippen molar-refractivity contribution >= 4 is 0 Å². The Morgan fingerprint density at radius 2 is 2.07 bits per heavy atom. The van der Waals surface area contributed by atoms with Gasteiger partial charge in [-0.1, -0.05) is 13.3 Å². The van der Waals surface area contributed by atoms with Crippen LogP contribution in [0.25, 0.3) is 0 Å². The molecule has 14 heavy (non-hydrogen) atoms. The highest BCUT2D eigenvalue weighted by molar-refractivity contribution is 4.83. The molecule has 1 heterocycles. The van der Waals surface area contributed by atoms with E-state index in [0.717, 1.165) is 12.8 Å². The van der Waals surface area contributed by atoms with Crippen molar-refractivity contribution in [1.82, 2.24) is 0 Å². The zero-order valence-corrected chi connectivity index (χ0v) is 8.30. The molecule has 5 nitrogen and oxygen atoms in total. The normalized spacial score (nSPS) is 38.6. The van der Waals surface area contributed by atoms with Crippen molar-refractivity contribution in [3.63, 3.8) is 0 Å². The first-order valence-electron chi connectivity index (χ1n) is 4.94. The predicted octanol–water partition coefficient (Wildman–Crippen LogP) is -0.758. The Kier molecular flexibility index (Phi) is 4.77. The lowest BCUT2D eigenvalue weighted by atomic mass is 10.1. The lowest BCUT2D eigenvalue weighted by molar-refractivity contribution is -0.265. The highest BCUT2D eigenvalue weighted by Crippen LogP contribution is 2.17. The van der Waals surface area contributed by atoms with Gasteiger partial charge in [0.2, 0.25) is 0 Å². The van der Waals surface area contributed by atoms with Gasteiger partial charge >= 0.3 is 0 Å². The number of ether oxygens (including phenoxy) is 2. The van der Waals surface area contributed by atoms with Crippen LogP contribution in [0.1, 0.15) is 19.8 Å². The molecule has 1 rings (SSSR count). The van der Waals surface area contributed by atoms with Gasteiger partial charge in [-0.25, -0.2) is 0 Å². The Hall–Kier alpha value is -0.200. The molecule has 0 aromatic carbocycles. The summed E-state index contributed by atoms with van der Waals surface area (Å²) in [6.45, 7) is 2.41. The summed E-state index contributed by atoms with van der Waals surface area (Å²) in [4.78, 5) is 0. The summed E-state index contributed by atoms with van der Waals surface area (Å²) >= 11 is 0. The monoisotopic (exact) mass is 206 g/mol. The van der Waals surface area contributed by atoms with Gasteiger partial charge in [-0.2, -0.15) is 0 Å².